The zero-order valence-electron chi connectivity index (χ0n) is 10.1. The van der Waals surface area contributed by atoms with Crippen LogP contribution in [0.5, 0.6) is 0 Å². The second-order valence-electron chi connectivity index (χ2n) is 4.58. The van der Waals surface area contributed by atoms with Crippen molar-refractivity contribution in [1.29, 1.82) is 0 Å². The molecule has 0 saturated carbocycles. The predicted molar refractivity (Wildman–Crippen MR) is 79.4 cm³/mol. The summed E-state index contributed by atoms with van der Waals surface area (Å²) in [7, 11) is -3.06. The van der Waals surface area contributed by atoms with Gasteiger partial charge in [0.25, 0.3) is 0 Å². The van der Waals surface area contributed by atoms with E-state index in [1.807, 2.05) is 23.9 Å². The Bertz CT molecular complexity index is 525. The van der Waals surface area contributed by atoms with Crippen LogP contribution in [0.15, 0.2) is 18.2 Å². The first kappa shape index (κ1) is 14.0. The van der Waals surface area contributed by atoms with Gasteiger partial charge in [0.15, 0.2) is 9.84 Å². The van der Waals surface area contributed by atoms with Crippen molar-refractivity contribution in [3.63, 3.8) is 0 Å². The minimum absolute atomic E-state index is 0.0131. The quantitative estimate of drug-likeness (QED) is 0.929. The summed E-state index contributed by atoms with van der Waals surface area (Å²) in [5, 5.41) is 3.93. The average Bonchev–Trinajstić information content (AvgIpc) is 2.74. The van der Waals surface area contributed by atoms with Crippen LogP contribution in [0.25, 0.3) is 0 Å². The van der Waals surface area contributed by atoms with E-state index in [-0.39, 0.29) is 5.75 Å². The number of benzene rings is 1. The van der Waals surface area contributed by atoms with Gasteiger partial charge < -0.3 is 5.32 Å². The third-order valence-electron chi connectivity index (χ3n) is 2.76. The Balaban J connectivity index is 2.15. The number of halogens is 1. The summed E-state index contributed by atoms with van der Waals surface area (Å²) in [5.41, 5.74) is 1.61. The number of anilines is 1. The van der Waals surface area contributed by atoms with E-state index in [1.165, 1.54) is 12.0 Å². The largest absolute Gasteiger partial charge is 0.381 e. The first-order chi connectivity index (χ1) is 8.44. The van der Waals surface area contributed by atoms with Crippen molar-refractivity contribution in [1.82, 2.24) is 0 Å². The third-order valence-corrected chi connectivity index (χ3v) is 5.13. The third kappa shape index (κ3) is 4.07. The van der Waals surface area contributed by atoms with Crippen LogP contribution in [0.2, 0.25) is 5.02 Å². The van der Waals surface area contributed by atoms with E-state index in [1.54, 1.807) is 6.07 Å². The topological polar surface area (TPSA) is 46.2 Å². The van der Waals surface area contributed by atoms with E-state index in [2.05, 4.69) is 5.32 Å². The average molecular weight is 306 g/mol. The van der Waals surface area contributed by atoms with Crippen molar-refractivity contribution < 1.29 is 8.42 Å². The molecule has 100 valence electrons. The van der Waals surface area contributed by atoms with Crippen molar-refractivity contribution in [2.75, 3.05) is 23.1 Å². The van der Waals surface area contributed by atoms with Crippen LogP contribution in [-0.4, -0.2) is 32.2 Å². The lowest BCUT2D eigenvalue weighted by molar-refractivity contribution is 0.601. The number of rotatable bonds is 4. The molecular weight excluding hydrogens is 290 g/mol. The lowest BCUT2D eigenvalue weighted by Gasteiger charge is -2.14. The van der Waals surface area contributed by atoms with Gasteiger partial charge in [-0.15, -0.1) is 0 Å². The fourth-order valence-electron chi connectivity index (χ4n) is 1.94. The first-order valence-corrected chi connectivity index (χ1v) is 9.34. The maximum absolute atomic E-state index is 11.3. The Morgan fingerprint density at radius 1 is 1.50 bits per heavy atom. The van der Waals surface area contributed by atoms with Gasteiger partial charge in [0, 0.05) is 28.8 Å². The standard InChI is InChI=1S/C12H16ClNO2S2/c1-18(15,16)8-9-6-10(2-3-12(9)13)14-11-4-5-17-7-11/h2-3,6,11,14H,4-5,7-8H2,1H3/t11-/m0/s1. The van der Waals surface area contributed by atoms with Gasteiger partial charge in [-0.2, -0.15) is 11.8 Å². The number of nitrogens with one attached hydrogen (secondary N) is 1. The zero-order valence-corrected chi connectivity index (χ0v) is 12.5. The van der Waals surface area contributed by atoms with Crippen LogP contribution in [0, 0.1) is 0 Å². The highest BCUT2D eigenvalue weighted by Crippen LogP contribution is 2.25. The van der Waals surface area contributed by atoms with Crippen LogP contribution in [0.3, 0.4) is 0 Å². The molecule has 1 aromatic rings. The Kier molecular flexibility index (Phi) is 4.45. The lowest BCUT2D eigenvalue weighted by atomic mass is 10.2. The minimum atomic E-state index is -3.06. The number of hydrogen-bond acceptors (Lipinski definition) is 4. The molecule has 1 N–H and O–H groups in total. The van der Waals surface area contributed by atoms with E-state index in [9.17, 15) is 8.42 Å². The highest BCUT2D eigenvalue weighted by atomic mass is 35.5. The van der Waals surface area contributed by atoms with Crippen molar-refractivity contribution in [3.05, 3.63) is 28.8 Å². The number of thioether (sulfide) groups is 1. The second-order valence-corrected chi connectivity index (χ2v) is 8.28. The Morgan fingerprint density at radius 3 is 2.89 bits per heavy atom. The molecule has 1 heterocycles. The Morgan fingerprint density at radius 2 is 2.28 bits per heavy atom. The van der Waals surface area contributed by atoms with Gasteiger partial charge >= 0.3 is 0 Å². The van der Waals surface area contributed by atoms with Crippen molar-refractivity contribution in [2.45, 2.75) is 18.2 Å². The van der Waals surface area contributed by atoms with Gasteiger partial charge in [-0.25, -0.2) is 8.42 Å². The van der Waals surface area contributed by atoms with Gasteiger partial charge in [0.05, 0.1) is 5.75 Å². The van der Waals surface area contributed by atoms with Crippen LogP contribution in [-0.2, 0) is 15.6 Å². The molecule has 0 unspecified atom stereocenters. The lowest BCUT2D eigenvalue weighted by Crippen LogP contribution is -2.18. The van der Waals surface area contributed by atoms with E-state index in [0.29, 0.717) is 16.6 Å². The molecule has 0 radical (unpaired) electrons. The summed E-state index contributed by atoms with van der Waals surface area (Å²) in [6, 6.07) is 5.97. The highest BCUT2D eigenvalue weighted by molar-refractivity contribution is 7.99. The van der Waals surface area contributed by atoms with Gasteiger partial charge in [-0.05, 0) is 35.9 Å². The molecule has 1 aliphatic heterocycles. The van der Waals surface area contributed by atoms with Crippen LogP contribution in [0.1, 0.15) is 12.0 Å². The fourth-order valence-corrected chi connectivity index (χ4v) is 4.16. The van der Waals surface area contributed by atoms with Gasteiger partial charge in [-0.1, -0.05) is 11.6 Å². The molecule has 3 nitrogen and oxygen atoms in total. The first-order valence-electron chi connectivity index (χ1n) is 5.74. The number of sulfone groups is 1. The molecule has 1 saturated heterocycles. The molecule has 0 aliphatic carbocycles. The normalized spacial score (nSPS) is 20.0. The van der Waals surface area contributed by atoms with E-state index in [4.69, 9.17) is 11.6 Å². The molecule has 1 aliphatic rings. The molecule has 0 aromatic heterocycles. The summed E-state index contributed by atoms with van der Waals surface area (Å²) in [5.74, 6) is 2.27. The maximum Gasteiger partial charge on any atom is 0.151 e. The Labute approximate surface area is 117 Å². The van der Waals surface area contributed by atoms with Crippen LogP contribution < -0.4 is 5.32 Å². The van der Waals surface area contributed by atoms with Crippen LogP contribution >= 0.6 is 23.4 Å². The summed E-state index contributed by atoms with van der Waals surface area (Å²) >= 11 is 7.96. The van der Waals surface area contributed by atoms with Crippen molar-refractivity contribution in [3.8, 4) is 0 Å². The van der Waals surface area contributed by atoms with E-state index in [0.717, 1.165) is 17.9 Å². The molecule has 18 heavy (non-hydrogen) atoms. The van der Waals surface area contributed by atoms with Crippen molar-refractivity contribution >= 4 is 38.9 Å². The van der Waals surface area contributed by atoms with Gasteiger partial charge in [0.1, 0.15) is 0 Å². The van der Waals surface area contributed by atoms with Gasteiger partial charge in [-0.3, -0.25) is 0 Å². The summed E-state index contributed by atoms with van der Waals surface area (Å²) in [6.45, 7) is 0. The predicted octanol–water partition coefficient (Wildman–Crippen LogP) is 2.80. The van der Waals surface area contributed by atoms with Crippen LogP contribution in [0.4, 0.5) is 5.69 Å². The molecule has 0 spiro atoms. The Hall–Kier alpha value is -0.390. The molecule has 1 fully saturated rings. The minimum Gasteiger partial charge on any atom is -0.381 e. The van der Waals surface area contributed by atoms with Crippen molar-refractivity contribution in [2.24, 2.45) is 0 Å². The second kappa shape index (κ2) is 5.72. The SMILES string of the molecule is CS(=O)(=O)Cc1cc(N[C@H]2CCSC2)ccc1Cl. The summed E-state index contributed by atoms with van der Waals surface area (Å²) in [6.07, 6.45) is 2.37. The fraction of sp³-hybridized carbons (Fsp3) is 0.500. The summed E-state index contributed by atoms with van der Waals surface area (Å²) < 4.78 is 22.7. The number of hydrogen-bond donors (Lipinski definition) is 1. The van der Waals surface area contributed by atoms with Gasteiger partial charge in [0.2, 0.25) is 0 Å². The molecule has 1 atom stereocenters. The molecule has 6 heteroatoms. The smallest absolute Gasteiger partial charge is 0.151 e. The molecule has 0 bridgehead atoms. The molecular formula is C12H16ClNO2S2. The molecule has 2 rings (SSSR count). The maximum atomic E-state index is 11.3. The van der Waals surface area contributed by atoms with E-state index < -0.39 is 9.84 Å². The monoisotopic (exact) mass is 305 g/mol. The summed E-state index contributed by atoms with van der Waals surface area (Å²) in [4.78, 5) is 0. The molecule has 1 aromatic carbocycles. The molecule has 0 amide bonds. The van der Waals surface area contributed by atoms with E-state index >= 15 is 0 Å². The highest BCUT2D eigenvalue weighted by Gasteiger charge is 2.16. The zero-order chi connectivity index (χ0) is 13.2.